The summed E-state index contributed by atoms with van der Waals surface area (Å²) in [5.41, 5.74) is 0. The minimum atomic E-state index is -3.39. The van der Waals surface area contributed by atoms with Gasteiger partial charge in [-0.1, -0.05) is 33.3 Å². The Morgan fingerprint density at radius 3 is 2.60 bits per heavy atom. The van der Waals surface area contributed by atoms with Gasteiger partial charge >= 0.3 is 0 Å². The molecule has 0 aliphatic heterocycles. The van der Waals surface area contributed by atoms with E-state index in [4.69, 9.17) is 0 Å². The lowest BCUT2D eigenvalue weighted by Crippen LogP contribution is -2.09. The number of halogens is 1. The highest BCUT2D eigenvalue weighted by molar-refractivity contribution is 9.10. The SMILES string of the molecule is O=C(Nc1nnc(CCS(=O)(=O)c2ccc(Br)cc2)s1)c1cccs1. The van der Waals surface area contributed by atoms with Gasteiger partial charge in [0.1, 0.15) is 5.01 Å². The highest BCUT2D eigenvalue weighted by Gasteiger charge is 2.17. The van der Waals surface area contributed by atoms with Crippen LogP contribution in [0.5, 0.6) is 0 Å². The van der Waals surface area contributed by atoms with Crippen LogP contribution in [0.1, 0.15) is 14.7 Å². The quantitative estimate of drug-likeness (QED) is 0.610. The summed E-state index contributed by atoms with van der Waals surface area (Å²) >= 11 is 5.79. The van der Waals surface area contributed by atoms with Crippen LogP contribution in [0, 0.1) is 0 Å². The first-order valence-corrected chi connectivity index (χ1v) is 11.2. The van der Waals surface area contributed by atoms with Crippen molar-refractivity contribution >= 4 is 59.5 Å². The molecule has 10 heteroatoms. The van der Waals surface area contributed by atoms with E-state index in [0.717, 1.165) is 4.47 Å². The Balaban J connectivity index is 1.61. The number of amides is 1. The minimum Gasteiger partial charge on any atom is -0.296 e. The first-order chi connectivity index (χ1) is 11.9. The molecule has 2 aromatic heterocycles. The second kappa shape index (κ2) is 7.73. The molecule has 6 nitrogen and oxygen atoms in total. The highest BCUT2D eigenvalue weighted by Crippen LogP contribution is 2.20. The summed E-state index contributed by atoms with van der Waals surface area (Å²) in [4.78, 5) is 12.8. The lowest BCUT2D eigenvalue weighted by atomic mass is 10.4. The fraction of sp³-hybridized carbons (Fsp3) is 0.133. The zero-order valence-electron chi connectivity index (χ0n) is 12.7. The van der Waals surface area contributed by atoms with E-state index in [1.54, 1.807) is 36.4 Å². The van der Waals surface area contributed by atoms with Gasteiger partial charge in [-0.2, -0.15) is 0 Å². The van der Waals surface area contributed by atoms with Crippen molar-refractivity contribution in [2.45, 2.75) is 11.3 Å². The first kappa shape index (κ1) is 18.2. The van der Waals surface area contributed by atoms with Crippen LogP contribution in [0.2, 0.25) is 0 Å². The van der Waals surface area contributed by atoms with Crippen LogP contribution in [0.4, 0.5) is 5.13 Å². The molecule has 0 saturated carbocycles. The van der Waals surface area contributed by atoms with Gasteiger partial charge in [0.15, 0.2) is 9.84 Å². The Labute approximate surface area is 161 Å². The van der Waals surface area contributed by atoms with Crippen molar-refractivity contribution in [3.05, 3.63) is 56.1 Å². The van der Waals surface area contributed by atoms with Crippen molar-refractivity contribution in [1.82, 2.24) is 10.2 Å². The van der Waals surface area contributed by atoms with Crippen LogP contribution in [0.15, 0.2) is 51.1 Å². The predicted octanol–water partition coefficient (Wildman–Crippen LogP) is 3.63. The fourth-order valence-corrected chi connectivity index (χ4v) is 4.95. The normalized spacial score (nSPS) is 11.4. The summed E-state index contributed by atoms with van der Waals surface area (Å²) in [5, 5.41) is 13.2. The van der Waals surface area contributed by atoms with Crippen molar-refractivity contribution in [2.75, 3.05) is 11.1 Å². The zero-order chi connectivity index (χ0) is 17.9. The number of hydrogen-bond acceptors (Lipinski definition) is 7. The van der Waals surface area contributed by atoms with Crippen LogP contribution < -0.4 is 5.32 Å². The lowest BCUT2D eigenvalue weighted by molar-refractivity contribution is 0.103. The van der Waals surface area contributed by atoms with Gasteiger partial charge in [0.2, 0.25) is 5.13 Å². The topological polar surface area (TPSA) is 89.0 Å². The molecule has 0 spiro atoms. The maximum atomic E-state index is 12.3. The van der Waals surface area contributed by atoms with Crippen LogP contribution in [-0.4, -0.2) is 30.3 Å². The summed E-state index contributed by atoms with van der Waals surface area (Å²) in [6, 6.07) is 10.0. The van der Waals surface area contributed by atoms with Crippen molar-refractivity contribution in [3.63, 3.8) is 0 Å². The Hall–Kier alpha value is -1.62. The van der Waals surface area contributed by atoms with Crippen molar-refractivity contribution < 1.29 is 13.2 Å². The second-order valence-electron chi connectivity index (χ2n) is 4.96. The van der Waals surface area contributed by atoms with Crippen LogP contribution >= 0.6 is 38.6 Å². The van der Waals surface area contributed by atoms with Crippen LogP contribution in [0.25, 0.3) is 0 Å². The molecule has 0 fully saturated rings. The standard InChI is InChI=1S/C15H12BrN3O3S3/c16-10-3-5-11(6-4-10)25(21,22)9-7-13-18-19-15(24-13)17-14(20)12-2-1-8-23-12/h1-6,8H,7,9H2,(H,17,19,20). The summed E-state index contributed by atoms with van der Waals surface area (Å²) in [6.45, 7) is 0. The predicted molar refractivity (Wildman–Crippen MR) is 102 cm³/mol. The van der Waals surface area contributed by atoms with Gasteiger partial charge in [-0.25, -0.2) is 8.42 Å². The smallest absolute Gasteiger partial charge is 0.267 e. The number of anilines is 1. The van der Waals surface area contributed by atoms with Gasteiger partial charge in [0.25, 0.3) is 5.91 Å². The third-order valence-electron chi connectivity index (χ3n) is 3.19. The van der Waals surface area contributed by atoms with E-state index in [1.807, 2.05) is 5.38 Å². The van der Waals surface area contributed by atoms with E-state index in [9.17, 15) is 13.2 Å². The average Bonchev–Trinajstić information content (AvgIpc) is 3.25. The van der Waals surface area contributed by atoms with E-state index in [1.165, 1.54) is 22.7 Å². The van der Waals surface area contributed by atoms with E-state index >= 15 is 0 Å². The summed E-state index contributed by atoms with van der Waals surface area (Å²) in [6.07, 6.45) is 0.241. The number of thiophene rings is 1. The van der Waals surface area contributed by atoms with Crippen molar-refractivity contribution in [3.8, 4) is 0 Å². The Morgan fingerprint density at radius 1 is 1.16 bits per heavy atom. The number of sulfone groups is 1. The van der Waals surface area contributed by atoms with Crippen LogP contribution in [0.3, 0.4) is 0 Å². The maximum absolute atomic E-state index is 12.3. The third kappa shape index (κ3) is 4.72. The molecule has 0 radical (unpaired) electrons. The molecule has 1 N–H and O–H groups in total. The van der Waals surface area contributed by atoms with Gasteiger partial charge in [-0.15, -0.1) is 21.5 Å². The molecular weight excluding hydrogens is 446 g/mol. The zero-order valence-corrected chi connectivity index (χ0v) is 16.7. The Bertz CT molecular complexity index is 967. The lowest BCUT2D eigenvalue weighted by Gasteiger charge is -2.03. The number of aromatic nitrogens is 2. The van der Waals surface area contributed by atoms with E-state index in [2.05, 4.69) is 31.4 Å². The van der Waals surface area contributed by atoms with Crippen molar-refractivity contribution in [2.24, 2.45) is 0 Å². The monoisotopic (exact) mass is 457 g/mol. The summed E-state index contributed by atoms with van der Waals surface area (Å²) in [7, 11) is -3.39. The second-order valence-corrected chi connectivity index (χ2v) is 9.99. The Kier molecular flexibility index (Phi) is 5.62. The van der Waals surface area contributed by atoms with E-state index in [-0.39, 0.29) is 23.0 Å². The summed E-state index contributed by atoms with van der Waals surface area (Å²) in [5.74, 6) is -0.317. The molecule has 1 amide bonds. The van der Waals surface area contributed by atoms with Gasteiger partial charge in [-0.05, 0) is 35.7 Å². The number of nitrogens with one attached hydrogen (secondary N) is 1. The molecule has 0 atom stereocenters. The number of carbonyl (C=O) groups excluding carboxylic acids is 1. The molecule has 2 heterocycles. The van der Waals surface area contributed by atoms with E-state index in [0.29, 0.717) is 15.0 Å². The number of hydrogen-bond donors (Lipinski definition) is 1. The molecule has 130 valence electrons. The number of aryl methyl sites for hydroxylation is 1. The molecule has 3 aromatic rings. The average molecular weight is 458 g/mol. The van der Waals surface area contributed by atoms with Gasteiger partial charge in [0, 0.05) is 10.9 Å². The highest BCUT2D eigenvalue weighted by atomic mass is 79.9. The number of nitrogens with zero attached hydrogens (tertiary/aromatic N) is 2. The largest absolute Gasteiger partial charge is 0.296 e. The number of carbonyl (C=O) groups is 1. The van der Waals surface area contributed by atoms with Gasteiger partial charge in [0.05, 0.1) is 15.5 Å². The minimum absolute atomic E-state index is 0.0673. The maximum Gasteiger partial charge on any atom is 0.267 e. The Morgan fingerprint density at radius 2 is 1.92 bits per heavy atom. The fourth-order valence-electron chi connectivity index (χ4n) is 1.95. The number of rotatable bonds is 6. The van der Waals surface area contributed by atoms with Gasteiger partial charge < -0.3 is 0 Å². The number of benzene rings is 1. The molecular formula is C15H12BrN3O3S3. The van der Waals surface area contributed by atoms with Crippen molar-refractivity contribution in [1.29, 1.82) is 0 Å². The molecule has 3 rings (SSSR count). The molecule has 0 aliphatic carbocycles. The molecule has 0 unspecified atom stereocenters. The molecule has 0 saturated heterocycles. The van der Waals surface area contributed by atoms with E-state index < -0.39 is 9.84 Å². The molecule has 25 heavy (non-hydrogen) atoms. The third-order valence-corrected chi connectivity index (χ3v) is 7.22. The van der Waals surface area contributed by atoms with Gasteiger partial charge in [-0.3, -0.25) is 10.1 Å². The molecule has 1 aromatic carbocycles. The van der Waals surface area contributed by atoms with Crippen LogP contribution in [-0.2, 0) is 16.3 Å². The molecule has 0 bridgehead atoms. The molecule has 0 aliphatic rings. The summed E-state index contributed by atoms with van der Waals surface area (Å²) < 4.78 is 25.5. The first-order valence-electron chi connectivity index (χ1n) is 7.09.